The SMILES string of the molecule is CCS(=O)CCNCc1cnn(C)c1C. The molecule has 0 spiro atoms. The summed E-state index contributed by atoms with van der Waals surface area (Å²) in [6, 6.07) is 0. The molecule has 1 atom stereocenters. The Bertz CT molecular complexity index is 335. The van der Waals surface area contributed by atoms with Crippen molar-refractivity contribution in [3.05, 3.63) is 17.5 Å². The van der Waals surface area contributed by atoms with Gasteiger partial charge >= 0.3 is 0 Å². The molecule has 1 rings (SSSR count). The zero-order valence-electron chi connectivity index (χ0n) is 9.62. The fourth-order valence-electron chi connectivity index (χ4n) is 1.27. The van der Waals surface area contributed by atoms with Gasteiger partial charge in [-0.2, -0.15) is 5.10 Å². The third-order valence-electron chi connectivity index (χ3n) is 2.48. The van der Waals surface area contributed by atoms with Crippen molar-refractivity contribution in [3.8, 4) is 0 Å². The van der Waals surface area contributed by atoms with E-state index in [2.05, 4.69) is 10.4 Å². The molecule has 5 heteroatoms. The highest BCUT2D eigenvalue weighted by molar-refractivity contribution is 7.84. The van der Waals surface area contributed by atoms with E-state index in [1.165, 1.54) is 11.3 Å². The number of hydrogen-bond acceptors (Lipinski definition) is 3. The van der Waals surface area contributed by atoms with Crippen LogP contribution in [0.5, 0.6) is 0 Å². The first kappa shape index (κ1) is 12.4. The molecule has 1 N–H and O–H groups in total. The van der Waals surface area contributed by atoms with Crippen LogP contribution in [0.15, 0.2) is 6.20 Å². The Morgan fingerprint density at radius 2 is 2.33 bits per heavy atom. The first-order valence-electron chi connectivity index (χ1n) is 5.18. The van der Waals surface area contributed by atoms with Gasteiger partial charge < -0.3 is 5.32 Å². The normalized spacial score (nSPS) is 13.0. The summed E-state index contributed by atoms with van der Waals surface area (Å²) in [7, 11) is 1.27. The Labute approximate surface area is 93.5 Å². The summed E-state index contributed by atoms with van der Waals surface area (Å²) < 4.78 is 13.0. The van der Waals surface area contributed by atoms with Crippen molar-refractivity contribution in [1.29, 1.82) is 0 Å². The second kappa shape index (κ2) is 6.02. The van der Waals surface area contributed by atoms with Gasteiger partial charge in [0.05, 0.1) is 6.20 Å². The van der Waals surface area contributed by atoms with Crippen LogP contribution in [0.25, 0.3) is 0 Å². The summed E-state index contributed by atoms with van der Waals surface area (Å²) in [5.41, 5.74) is 2.39. The van der Waals surface area contributed by atoms with Crippen molar-refractivity contribution < 1.29 is 4.21 Å². The van der Waals surface area contributed by atoms with E-state index < -0.39 is 10.8 Å². The number of nitrogens with zero attached hydrogens (tertiary/aromatic N) is 2. The van der Waals surface area contributed by atoms with Crippen molar-refractivity contribution in [3.63, 3.8) is 0 Å². The van der Waals surface area contributed by atoms with E-state index in [-0.39, 0.29) is 0 Å². The number of nitrogens with one attached hydrogen (secondary N) is 1. The predicted octanol–water partition coefficient (Wildman–Crippen LogP) is 0.587. The van der Waals surface area contributed by atoms with Crippen LogP contribution < -0.4 is 5.32 Å². The topological polar surface area (TPSA) is 46.9 Å². The van der Waals surface area contributed by atoms with Crippen LogP contribution in [0, 0.1) is 6.92 Å². The van der Waals surface area contributed by atoms with Crippen molar-refractivity contribution >= 4 is 10.8 Å². The largest absolute Gasteiger partial charge is 0.312 e. The molecular weight excluding hydrogens is 210 g/mol. The van der Waals surface area contributed by atoms with Crippen molar-refractivity contribution in [1.82, 2.24) is 15.1 Å². The number of hydrogen-bond donors (Lipinski definition) is 1. The van der Waals surface area contributed by atoms with Crippen LogP contribution in [0.2, 0.25) is 0 Å². The summed E-state index contributed by atoms with van der Waals surface area (Å²) in [4.78, 5) is 0. The first-order chi connectivity index (χ1) is 7.15. The van der Waals surface area contributed by atoms with Crippen LogP contribution in [0.4, 0.5) is 0 Å². The Balaban J connectivity index is 2.26. The zero-order valence-corrected chi connectivity index (χ0v) is 10.4. The molecule has 4 nitrogen and oxygen atoms in total. The molecule has 0 amide bonds. The van der Waals surface area contributed by atoms with Gasteiger partial charge in [-0.25, -0.2) is 0 Å². The molecule has 0 saturated heterocycles. The Kier molecular flexibility index (Phi) is 4.98. The molecule has 1 aromatic heterocycles. The van der Waals surface area contributed by atoms with Crippen molar-refractivity contribution in [2.45, 2.75) is 20.4 Å². The van der Waals surface area contributed by atoms with Gasteiger partial charge in [0.15, 0.2) is 0 Å². The molecule has 0 aliphatic rings. The Morgan fingerprint density at radius 3 is 2.87 bits per heavy atom. The molecule has 86 valence electrons. The molecule has 1 unspecified atom stereocenters. The highest BCUT2D eigenvalue weighted by atomic mass is 32.2. The Hall–Kier alpha value is -0.680. The molecule has 0 aliphatic carbocycles. The van der Waals surface area contributed by atoms with E-state index >= 15 is 0 Å². The average Bonchev–Trinajstić information content (AvgIpc) is 2.55. The number of rotatable bonds is 6. The summed E-state index contributed by atoms with van der Waals surface area (Å²) in [6.07, 6.45) is 1.87. The molecule has 0 bridgehead atoms. The minimum atomic E-state index is -0.668. The van der Waals surface area contributed by atoms with Crippen LogP contribution in [-0.2, 0) is 24.4 Å². The van der Waals surface area contributed by atoms with E-state index in [4.69, 9.17) is 0 Å². The van der Waals surface area contributed by atoms with E-state index in [9.17, 15) is 4.21 Å². The minimum absolute atomic E-state index is 0.668. The van der Waals surface area contributed by atoms with E-state index in [1.54, 1.807) is 0 Å². The van der Waals surface area contributed by atoms with Crippen LogP contribution in [0.3, 0.4) is 0 Å². The molecule has 0 saturated carbocycles. The summed E-state index contributed by atoms with van der Waals surface area (Å²) >= 11 is 0. The second-order valence-electron chi connectivity index (χ2n) is 3.49. The van der Waals surface area contributed by atoms with Crippen LogP contribution in [0.1, 0.15) is 18.2 Å². The maximum absolute atomic E-state index is 11.1. The smallest absolute Gasteiger partial charge is 0.0537 e. The van der Waals surface area contributed by atoms with E-state index in [0.717, 1.165) is 24.6 Å². The van der Waals surface area contributed by atoms with Gasteiger partial charge in [-0.3, -0.25) is 8.89 Å². The molecule has 0 aliphatic heterocycles. The lowest BCUT2D eigenvalue weighted by Crippen LogP contribution is -2.20. The number of aromatic nitrogens is 2. The zero-order chi connectivity index (χ0) is 11.3. The molecule has 0 aromatic carbocycles. The third kappa shape index (κ3) is 3.76. The maximum atomic E-state index is 11.1. The second-order valence-corrected chi connectivity index (χ2v) is 5.35. The van der Waals surface area contributed by atoms with Gasteiger partial charge in [-0.15, -0.1) is 0 Å². The predicted molar refractivity (Wildman–Crippen MR) is 63.2 cm³/mol. The first-order valence-corrected chi connectivity index (χ1v) is 6.67. The lowest BCUT2D eigenvalue weighted by Gasteiger charge is -2.03. The minimum Gasteiger partial charge on any atom is -0.312 e. The summed E-state index contributed by atoms with van der Waals surface area (Å²) in [5, 5.41) is 7.44. The lowest BCUT2D eigenvalue weighted by molar-refractivity contribution is 0.672. The molecular formula is C10H19N3OS. The molecule has 0 radical (unpaired) electrons. The summed E-state index contributed by atoms with van der Waals surface area (Å²) in [5.74, 6) is 1.48. The van der Waals surface area contributed by atoms with Crippen LogP contribution in [-0.4, -0.2) is 32.0 Å². The maximum Gasteiger partial charge on any atom is 0.0537 e. The monoisotopic (exact) mass is 229 g/mol. The van der Waals surface area contributed by atoms with Gasteiger partial charge in [0.25, 0.3) is 0 Å². The standard InChI is InChI=1S/C10H19N3OS/c1-4-15(14)6-5-11-7-10-8-12-13(3)9(10)2/h8,11H,4-7H2,1-3H3. The van der Waals surface area contributed by atoms with Gasteiger partial charge in [0.1, 0.15) is 0 Å². The summed E-state index contributed by atoms with van der Waals surface area (Å²) in [6.45, 7) is 5.60. The van der Waals surface area contributed by atoms with Gasteiger partial charge in [0, 0.05) is 53.7 Å². The van der Waals surface area contributed by atoms with Crippen LogP contribution >= 0.6 is 0 Å². The van der Waals surface area contributed by atoms with Gasteiger partial charge in [-0.1, -0.05) is 6.92 Å². The van der Waals surface area contributed by atoms with Crippen molar-refractivity contribution in [2.24, 2.45) is 7.05 Å². The molecule has 0 fully saturated rings. The molecule has 1 heterocycles. The van der Waals surface area contributed by atoms with Gasteiger partial charge in [-0.05, 0) is 6.92 Å². The highest BCUT2D eigenvalue weighted by Crippen LogP contribution is 2.04. The molecule has 15 heavy (non-hydrogen) atoms. The van der Waals surface area contributed by atoms with E-state index in [0.29, 0.717) is 0 Å². The fourth-order valence-corrected chi connectivity index (χ4v) is 1.93. The van der Waals surface area contributed by atoms with Gasteiger partial charge in [0.2, 0.25) is 0 Å². The average molecular weight is 229 g/mol. The Morgan fingerprint density at radius 1 is 1.60 bits per heavy atom. The van der Waals surface area contributed by atoms with E-state index in [1.807, 2.05) is 31.8 Å². The third-order valence-corrected chi connectivity index (χ3v) is 3.78. The lowest BCUT2D eigenvalue weighted by atomic mass is 10.2. The quantitative estimate of drug-likeness (QED) is 0.726. The fraction of sp³-hybridized carbons (Fsp3) is 0.700. The number of aryl methyl sites for hydroxylation is 1. The highest BCUT2D eigenvalue weighted by Gasteiger charge is 2.02. The van der Waals surface area contributed by atoms with Crippen molar-refractivity contribution in [2.75, 3.05) is 18.1 Å². The molecule has 1 aromatic rings.